The molecule has 0 aliphatic rings. The summed E-state index contributed by atoms with van der Waals surface area (Å²) in [5.74, 6) is 1.15. The molecule has 0 unspecified atom stereocenters. The van der Waals surface area contributed by atoms with E-state index in [1.807, 2.05) is 19.9 Å². The van der Waals surface area contributed by atoms with Crippen LogP contribution in [0, 0.1) is 11.3 Å². The Bertz CT molecular complexity index is 257. The minimum atomic E-state index is 0.252. The van der Waals surface area contributed by atoms with Crippen LogP contribution in [-0.4, -0.2) is 4.98 Å². The van der Waals surface area contributed by atoms with Crippen molar-refractivity contribution < 1.29 is 4.42 Å². The molecule has 3 nitrogen and oxygen atoms in total. The minimum absolute atomic E-state index is 0.252. The van der Waals surface area contributed by atoms with Crippen molar-refractivity contribution >= 4 is 0 Å². The molecule has 0 bridgehead atoms. The highest BCUT2D eigenvalue weighted by Crippen LogP contribution is 2.12. The fourth-order valence-corrected chi connectivity index (χ4v) is 0.606. The molecule has 0 saturated heterocycles. The Balaban J connectivity index is 2.91. The number of nitriles is 1. The summed E-state index contributed by atoms with van der Waals surface area (Å²) in [6.45, 7) is 3.93. The maximum atomic E-state index is 8.35. The molecule has 1 heterocycles. The zero-order valence-corrected chi connectivity index (χ0v) is 5.96. The average Bonchev–Trinajstić information content (AvgIpc) is 2.34. The number of aromatic nitrogens is 1. The van der Waals surface area contributed by atoms with Gasteiger partial charge in [-0.25, -0.2) is 4.98 Å². The summed E-state index contributed by atoms with van der Waals surface area (Å²) < 4.78 is 5.02. The van der Waals surface area contributed by atoms with Crippen LogP contribution >= 0.6 is 0 Å². The lowest BCUT2D eigenvalue weighted by Crippen LogP contribution is -1.84. The first kappa shape index (κ1) is 6.81. The third-order valence-electron chi connectivity index (χ3n) is 1.13. The van der Waals surface area contributed by atoms with E-state index in [9.17, 15) is 0 Å². The van der Waals surface area contributed by atoms with Gasteiger partial charge in [-0.1, -0.05) is 13.8 Å². The molecule has 0 saturated carbocycles. The van der Waals surface area contributed by atoms with Crippen LogP contribution in [0.25, 0.3) is 0 Å². The van der Waals surface area contributed by atoms with Gasteiger partial charge < -0.3 is 4.42 Å². The molecule has 0 spiro atoms. The Kier molecular flexibility index (Phi) is 1.72. The molecule has 0 aliphatic heterocycles. The van der Waals surface area contributed by atoms with E-state index in [0.29, 0.717) is 5.89 Å². The summed E-state index contributed by atoms with van der Waals surface area (Å²) in [5, 5.41) is 8.35. The van der Waals surface area contributed by atoms with Crippen LogP contribution in [0.2, 0.25) is 0 Å². The molecule has 52 valence electrons. The summed E-state index contributed by atoms with van der Waals surface area (Å²) in [6.07, 6.45) is 1.44. The summed E-state index contributed by atoms with van der Waals surface area (Å²) in [6, 6.07) is 1.87. The van der Waals surface area contributed by atoms with E-state index in [4.69, 9.17) is 9.68 Å². The van der Waals surface area contributed by atoms with Gasteiger partial charge in [-0.3, -0.25) is 0 Å². The second-order valence-corrected chi connectivity index (χ2v) is 2.33. The van der Waals surface area contributed by atoms with Crippen LogP contribution in [-0.2, 0) is 0 Å². The van der Waals surface area contributed by atoms with E-state index in [0.717, 1.165) is 0 Å². The molecule has 0 N–H and O–H groups in total. The third kappa shape index (κ3) is 1.16. The van der Waals surface area contributed by atoms with E-state index in [1.165, 1.54) is 6.20 Å². The van der Waals surface area contributed by atoms with E-state index < -0.39 is 0 Å². The third-order valence-corrected chi connectivity index (χ3v) is 1.13. The molecular formula is C7H8N2O. The second kappa shape index (κ2) is 2.53. The second-order valence-electron chi connectivity index (χ2n) is 2.33. The number of hydrogen-bond donors (Lipinski definition) is 0. The van der Waals surface area contributed by atoms with Gasteiger partial charge in [0.15, 0.2) is 5.89 Å². The Morgan fingerprint density at radius 2 is 2.40 bits per heavy atom. The van der Waals surface area contributed by atoms with Crippen molar-refractivity contribution in [3.05, 3.63) is 17.8 Å². The van der Waals surface area contributed by atoms with Crippen LogP contribution in [0.4, 0.5) is 0 Å². The smallest absolute Gasteiger partial charge is 0.223 e. The Morgan fingerprint density at radius 1 is 1.70 bits per heavy atom. The normalized spacial score (nSPS) is 9.80. The summed E-state index contributed by atoms with van der Waals surface area (Å²) in [5.41, 5.74) is 0. The molecule has 0 radical (unpaired) electrons. The molecule has 0 aliphatic carbocycles. The van der Waals surface area contributed by atoms with Crippen molar-refractivity contribution in [1.82, 2.24) is 4.98 Å². The van der Waals surface area contributed by atoms with Gasteiger partial charge in [-0.05, 0) is 0 Å². The fourth-order valence-electron chi connectivity index (χ4n) is 0.606. The van der Waals surface area contributed by atoms with Gasteiger partial charge in [-0.2, -0.15) is 5.26 Å². The van der Waals surface area contributed by atoms with Crippen LogP contribution in [0.5, 0.6) is 0 Å². The van der Waals surface area contributed by atoms with Crippen LogP contribution in [0.1, 0.15) is 31.4 Å². The summed E-state index contributed by atoms with van der Waals surface area (Å²) in [4.78, 5) is 3.90. The predicted molar refractivity (Wildman–Crippen MR) is 35.3 cm³/mol. The van der Waals surface area contributed by atoms with E-state index in [-0.39, 0.29) is 11.7 Å². The number of hydrogen-bond acceptors (Lipinski definition) is 3. The van der Waals surface area contributed by atoms with Gasteiger partial charge in [0, 0.05) is 5.92 Å². The monoisotopic (exact) mass is 136 g/mol. The first-order chi connectivity index (χ1) is 4.74. The molecule has 0 amide bonds. The van der Waals surface area contributed by atoms with Gasteiger partial charge in [0.25, 0.3) is 0 Å². The molecule has 10 heavy (non-hydrogen) atoms. The standard InChI is InChI=1S/C7H8N2O/c1-5(2)7-9-4-6(3-8)10-7/h4-5H,1-2H3. The molecule has 3 heteroatoms. The quantitative estimate of drug-likeness (QED) is 0.590. The Labute approximate surface area is 59.3 Å². The topological polar surface area (TPSA) is 49.8 Å². The molecule has 0 aromatic carbocycles. The minimum Gasteiger partial charge on any atom is -0.430 e. The highest BCUT2D eigenvalue weighted by Gasteiger charge is 2.05. The van der Waals surface area contributed by atoms with Gasteiger partial charge in [0.05, 0.1) is 6.20 Å². The maximum Gasteiger partial charge on any atom is 0.223 e. The number of nitrogens with zero attached hydrogens (tertiary/aromatic N) is 2. The highest BCUT2D eigenvalue weighted by atomic mass is 16.4. The van der Waals surface area contributed by atoms with Gasteiger partial charge in [-0.15, -0.1) is 0 Å². The van der Waals surface area contributed by atoms with E-state index >= 15 is 0 Å². The Morgan fingerprint density at radius 3 is 2.70 bits per heavy atom. The van der Waals surface area contributed by atoms with Gasteiger partial charge >= 0.3 is 0 Å². The van der Waals surface area contributed by atoms with Crippen molar-refractivity contribution in [2.24, 2.45) is 0 Å². The lowest BCUT2D eigenvalue weighted by Gasteiger charge is -1.93. The van der Waals surface area contributed by atoms with Crippen LogP contribution in [0.3, 0.4) is 0 Å². The molecular weight excluding hydrogens is 128 g/mol. The average molecular weight is 136 g/mol. The first-order valence-corrected chi connectivity index (χ1v) is 3.10. The van der Waals surface area contributed by atoms with Crippen LogP contribution in [0.15, 0.2) is 10.6 Å². The highest BCUT2D eigenvalue weighted by molar-refractivity contribution is 5.12. The van der Waals surface area contributed by atoms with Crippen molar-refractivity contribution in [1.29, 1.82) is 5.26 Å². The van der Waals surface area contributed by atoms with Gasteiger partial charge in [0.2, 0.25) is 5.76 Å². The SMILES string of the molecule is CC(C)c1ncc(C#N)o1. The zero-order valence-electron chi connectivity index (χ0n) is 5.96. The zero-order chi connectivity index (χ0) is 7.56. The van der Waals surface area contributed by atoms with Crippen molar-refractivity contribution in [2.75, 3.05) is 0 Å². The lowest BCUT2D eigenvalue weighted by atomic mass is 10.2. The number of rotatable bonds is 1. The summed E-state index contributed by atoms with van der Waals surface area (Å²) in [7, 11) is 0. The molecule has 1 aromatic heterocycles. The molecule has 0 atom stereocenters. The Hall–Kier alpha value is -1.30. The first-order valence-electron chi connectivity index (χ1n) is 3.10. The molecule has 1 aromatic rings. The van der Waals surface area contributed by atoms with Crippen molar-refractivity contribution in [3.63, 3.8) is 0 Å². The number of oxazole rings is 1. The molecule has 1 rings (SSSR count). The van der Waals surface area contributed by atoms with Crippen molar-refractivity contribution in [3.8, 4) is 6.07 Å². The predicted octanol–water partition coefficient (Wildman–Crippen LogP) is 1.67. The maximum absolute atomic E-state index is 8.35. The van der Waals surface area contributed by atoms with Crippen LogP contribution < -0.4 is 0 Å². The summed E-state index contributed by atoms with van der Waals surface area (Å²) >= 11 is 0. The molecule has 0 fully saturated rings. The van der Waals surface area contributed by atoms with Gasteiger partial charge in [0.1, 0.15) is 6.07 Å². The van der Waals surface area contributed by atoms with E-state index in [1.54, 1.807) is 0 Å². The largest absolute Gasteiger partial charge is 0.430 e. The van der Waals surface area contributed by atoms with E-state index in [2.05, 4.69) is 4.98 Å². The van der Waals surface area contributed by atoms with Crippen molar-refractivity contribution in [2.45, 2.75) is 19.8 Å². The fraction of sp³-hybridized carbons (Fsp3) is 0.429. The lowest BCUT2D eigenvalue weighted by molar-refractivity contribution is 0.462.